The van der Waals surface area contributed by atoms with Crippen molar-refractivity contribution in [1.29, 1.82) is 0 Å². The third-order valence-corrected chi connectivity index (χ3v) is 4.23. The van der Waals surface area contributed by atoms with Crippen LogP contribution < -0.4 is 10.6 Å². The Morgan fingerprint density at radius 3 is 2.67 bits per heavy atom. The number of nitrogens with one attached hydrogen (secondary N) is 2. The van der Waals surface area contributed by atoms with Crippen molar-refractivity contribution >= 4 is 40.4 Å². The smallest absolute Gasteiger partial charge is 0.313 e. The highest BCUT2D eigenvalue weighted by Gasteiger charge is 2.15. The van der Waals surface area contributed by atoms with Gasteiger partial charge in [0.05, 0.1) is 17.3 Å². The Kier molecular flexibility index (Phi) is 4.98. The van der Waals surface area contributed by atoms with Crippen LogP contribution >= 0.6 is 22.9 Å². The van der Waals surface area contributed by atoms with E-state index in [1.807, 2.05) is 22.9 Å². The molecule has 0 aliphatic rings. The van der Waals surface area contributed by atoms with E-state index in [9.17, 15) is 9.59 Å². The van der Waals surface area contributed by atoms with Gasteiger partial charge in [-0.2, -0.15) is 11.3 Å². The van der Waals surface area contributed by atoms with Crippen molar-refractivity contribution in [3.63, 3.8) is 0 Å². The molecule has 7 heteroatoms. The Hall–Kier alpha value is -2.57. The molecular formula is C17H13ClN2O3S. The summed E-state index contributed by atoms with van der Waals surface area (Å²) in [5.74, 6) is -0.257. The van der Waals surface area contributed by atoms with Crippen LogP contribution in [0.4, 0.5) is 5.69 Å². The molecule has 0 aliphatic carbocycles. The fourth-order valence-corrected chi connectivity index (χ4v) is 2.85. The molecule has 122 valence electrons. The van der Waals surface area contributed by atoms with E-state index in [2.05, 4.69) is 10.6 Å². The van der Waals surface area contributed by atoms with E-state index in [0.717, 1.165) is 11.3 Å². The number of furan rings is 1. The molecule has 2 aromatic heterocycles. The van der Waals surface area contributed by atoms with E-state index in [0.29, 0.717) is 16.5 Å². The number of carbonyl (C=O) groups excluding carboxylic acids is 2. The first-order valence-corrected chi connectivity index (χ1v) is 8.40. The van der Waals surface area contributed by atoms with Gasteiger partial charge < -0.3 is 15.1 Å². The van der Waals surface area contributed by atoms with E-state index in [1.165, 1.54) is 0 Å². The number of hydrogen-bond donors (Lipinski definition) is 2. The molecule has 1 aromatic carbocycles. The van der Waals surface area contributed by atoms with Crippen molar-refractivity contribution in [1.82, 2.24) is 5.32 Å². The normalized spacial score (nSPS) is 10.4. The lowest BCUT2D eigenvalue weighted by atomic mass is 10.3. The molecule has 2 N–H and O–H groups in total. The van der Waals surface area contributed by atoms with Gasteiger partial charge in [0.15, 0.2) is 0 Å². The van der Waals surface area contributed by atoms with Gasteiger partial charge in [-0.25, -0.2) is 0 Å². The van der Waals surface area contributed by atoms with Crippen LogP contribution in [0.2, 0.25) is 5.02 Å². The number of benzene rings is 1. The summed E-state index contributed by atoms with van der Waals surface area (Å²) in [6, 6.07) is 12.2. The molecule has 5 nitrogen and oxygen atoms in total. The zero-order chi connectivity index (χ0) is 16.9. The summed E-state index contributed by atoms with van der Waals surface area (Å²) >= 11 is 7.51. The summed E-state index contributed by atoms with van der Waals surface area (Å²) in [6.45, 7) is 0.124. The van der Waals surface area contributed by atoms with Crippen molar-refractivity contribution in [3.8, 4) is 11.3 Å². The second-order valence-corrected chi connectivity index (χ2v) is 6.08. The number of amides is 2. The Morgan fingerprint density at radius 1 is 1.08 bits per heavy atom. The molecule has 24 heavy (non-hydrogen) atoms. The number of carbonyl (C=O) groups is 2. The molecule has 0 atom stereocenters. The van der Waals surface area contributed by atoms with Gasteiger partial charge in [-0.1, -0.05) is 23.7 Å². The molecule has 3 rings (SSSR count). The monoisotopic (exact) mass is 360 g/mol. The summed E-state index contributed by atoms with van der Waals surface area (Å²) in [5, 5.41) is 9.27. The van der Waals surface area contributed by atoms with Crippen LogP contribution in [-0.4, -0.2) is 11.8 Å². The third-order valence-electron chi connectivity index (χ3n) is 3.22. The van der Waals surface area contributed by atoms with Crippen LogP contribution in [0.5, 0.6) is 0 Å². The minimum absolute atomic E-state index is 0.124. The summed E-state index contributed by atoms with van der Waals surface area (Å²) in [5.41, 5.74) is 1.37. The van der Waals surface area contributed by atoms with Gasteiger partial charge in [0, 0.05) is 10.9 Å². The topological polar surface area (TPSA) is 71.3 Å². The SMILES string of the molecule is O=C(NCc1ccc(-c2ccsc2)o1)C(=O)Nc1ccccc1Cl. The fourth-order valence-electron chi connectivity index (χ4n) is 2.02. The Labute approximate surface area is 147 Å². The molecule has 2 amide bonds. The van der Waals surface area contributed by atoms with Crippen molar-refractivity contribution in [3.05, 3.63) is 64.0 Å². The number of thiophene rings is 1. The Bertz CT molecular complexity index is 858. The maximum absolute atomic E-state index is 11.9. The van der Waals surface area contributed by atoms with Crippen molar-refractivity contribution in [2.75, 3.05) is 5.32 Å². The van der Waals surface area contributed by atoms with Crippen LogP contribution in [0.25, 0.3) is 11.3 Å². The van der Waals surface area contributed by atoms with Gasteiger partial charge in [0.25, 0.3) is 0 Å². The molecule has 0 unspecified atom stereocenters. The molecule has 0 fully saturated rings. The molecule has 3 aromatic rings. The zero-order valence-electron chi connectivity index (χ0n) is 12.4. The van der Waals surface area contributed by atoms with Gasteiger partial charge in [0.1, 0.15) is 11.5 Å². The zero-order valence-corrected chi connectivity index (χ0v) is 14.0. The van der Waals surface area contributed by atoms with Gasteiger partial charge in [0.2, 0.25) is 0 Å². The minimum Gasteiger partial charge on any atom is -0.459 e. The average Bonchev–Trinajstić information content (AvgIpc) is 3.25. The molecule has 0 spiro atoms. The first-order chi connectivity index (χ1) is 11.6. The molecule has 0 aliphatic heterocycles. The van der Waals surface area contributed by atoms with Gasteiger partial charge in [-0.05, 0) is 35.7 Å². The predicted octanol–water partition coefficient (Wildman–Crippen LogP) is 3.92. The van der Waals surface area contributed by atoms with Gasteiger partial charge in [-0.15, -0.1) is 0 Å². The number of halogens is 1. The Balaban J connectivity index is 1.55. The highest BCUT2D eigenvalue weighted by atomic mass is 35.5. The van der Waals surface area contributed by atoms with E-state index in [1.54, 1.807) is 41.7 Å². The second-order valence-electron chi connectivity index (χ2n) is 4.89. The third kappa shape index (κ3) is 3.84. The molecule has 2 heterocycles. The molecule has 0 saturated carbocycles. The van der Waals surface area contributed by atoms with Crippen molar-refractivity contribution in [2.45, 2.75) is 6.54 Å². The maximum atomic E-state index is 11.9. The van der Waals surface area contributed by atoms with Crippen molar-refractivity contribution < 1.29 is 14.0 Å². The standard InChI is InChI=1S/C17H13ClN2O3S/c18-13-3-1-2-4-14(13)20-17(22)16(21)19-9-12-5-6-15(23-12)11-7-8-24-10-11/h1-8,10H,9H2,(H,19,21)(H,20,22). The lowest BCUT2D eigenvalue weighted by Gasteiger charge is -2.06. The van der Waals surface area contributed by atoms with Gasteiger partial charge >= 0.3 is 11.8 Å². The first-order valence-electron chi connectivity index (χ1n) is 7.08. The van der Waals surface area contributed by atoms with Gasteiger partial charge in [-0.3, -0.25) is 9.59 Å². The quantitative estimate of drug-likeness (QED) is 0.693. The first kappa shape index (κ1) is 16.3. The number of anilines is 1. The summed E-state index contributed by atoms with van der Waals surface area (Å²) in [7, 11) is 0. The summed E-state index contributed by atoms with van der Waals surface area (Å²) in [4.78, 5) is 23.7. The highest BCUT2D eigenvalue weighted by molar-refractivity contribution is 7.08. The molecular weight excluding hydrogens is 348 g/mol. The lowest BCUT2D eigenvalue weighted by Crippen LogP contribution is -2.34. The van der Waals surface area contributed by atoms with Crippen LogP contribution in [0.3, 0.4) is 0 Å². The number of hydrogen-bond acceptors (Lipinski definition) is 4. The van der Waals surface area contributed by atoms with Crippen LogP contribution in [-0.2, 0) is 16.1 Å². The summed E-state index contributed by atoms with van der Waals surface area (Å²) < 4.78 is 5.63. The van der Waals surface area contributed by atoms with Crippen LogP contribution in [0, 0.1) is 0 Å². The van der Waals surface area contributed by atoms with E-state index in [4.69, 9.17) is 16.0 Å². The predicted molar refractivity (Wildman–Crippen MR) is 93.9 cm³/mol. The summed E-state index contributed by atoms with van der Waals surface area (Å²) in [6.07, 6.45) is 0. The van der Waals surface area contributed by atoms with Crippen molar-refractivity contribution in [2.24, 2.45) is 0 Å². The molecule has 0 radical (unpaired) electrons. The van der Waals surface area contributed by atoms with E-state index in [-0.39, 0.29) is 6.54 Å². The van der Waals surface area contributed by atoms with E-state index >= 15 is 0 Å². The maximum Gasteiger partial charge on any atom is 0.313 e. The fraction of sp³-hybridized carbons (Fsp3) is 0.0588. The van der Waals surface area contributed by atoms with Crippen LogP contribution in [0.15, 0.2) is 57.6 Å². The minimum atomic E-state index is -0.785. The lowest BCUT2D eigenvalue weighted by molar-refractivity contribution is -0.136. The molecule has 0 bridgehead atoms. The highest BCUT2D eigenvalue weighted by Crippen LogP contribution is 2.24. The second kappa shape index (κ2) is 7.33. The largest absolute Gasteiger partial charge is 0.459 e. The number of para-hydroxylation sites is 1. The van der Waals surface area contributed by atoms with Crippen LogP contribution in [0.1, 0.15) is 5.76 Å². The Morgan fingerprint density at radius 2 is 1.92 bits per heavy atom. The number of rotatable bonds is 4. The van der Waals surface area contributed by atoms with E-state index < -0.39 is 11.8 Å². The molecule has 0 saturated heterocycles. The average molecular weight is 361 g/mol.